The van der Waals surface area contributed by atoms with Crippen LogP contribution < -0.4 is 4.74 Å². The van der Waals surface area contributed by atoms with Crippen LogP contribution in [-0.4, -0.2) is 12.9 Å². The van der Waals surface area contributed by atoms with E-state index in [1.165, 1.54) is 5.56 Å². The van der Waals surface area contributed by atoms with E-state index in [0.717, 1.165) is 35.9 Å². The van der Waals surface area contributed by atoms with Crippen molar-refractivity contribution in [2.45, 2.75) is 31.6 Å². The largest absolute Gasteiger partial charge is 0.496 e. The molecule has 0 amide bonds. The van der Waals surface area contributed by atoms with E-state index in [0.29, 0.717) is 11.7 Å². The zero-order chi connectivity index (χ0) is 11.5. The van der Waals surface area contributed by atoms with E-state index >= 15 is 0 Å². The minimum Gasteiger partial charge on any atom is -0.496 e. The molecule has 1 fully saturated rings. The molecule has 1 aromatic carbocycles. The van der Waals surface area contributed by atoms with E-state index in [1.54, 1.807) is 7.11 Å². The number of rotatable bonds is 2. The SMILES string of the molecule is COc1ccc(C2CCC(=O)CC2)cc1Br. The second-order valence-corrected chi connectivity index (χ2v) is 5.06. The summed E-state index contributed by atoms with van der Waals surface area (Å²) in [6.07, 6.45) is 3.43. The van der Waals surface area contributed by atoms with Gasteiger partial charge in [-0.25, -0.2) is 0 Å². The van der Waals surface area contributed by atoms with Crippen LogP contribution in [0.3, 0.4) is 0 Å². The highest BCUT2D eigenvalue weighted by atomic mass is 79.9. The van der Waals surface area contributed by atoms with E-state index in [2.05, 4.69) is 28.1 Å². The number of ether oxygens (including phenoxy) is 1. The number of ketones is 1. The van der Waals surface area contributed by atoms with Crippen molar-refractivity contribution in [3.05, 3.63) is 28.2 Å². The first-order chi connectivity index (χ1) is 7.70. The zero-order valence-electron chi connectivity index (χ0n) is 9.33. The van der Waals surface area contributed by atoms with Gasteiger partial charge in [-0.05, 0) is 52.4 Å². The summed E-state index contributed by atoms with van der Waals surface area (Å²) in [5.41, 5.74) is 1.31. The van der Waals surface area contributed by atoms with Gasteiger partial charge in [-0.3, -0.25) is 4.79 Å². The normalized spacial score (nSPS) is 17.5. The van der Waals surface area contributed by atoms with Crippen LogP contribution in [0.25, 0.3) is 0 Å². The molecule has 0 unspecified atom stereocenters. The van der Waals surface area contributed by atoms with Crippen molar-refractivity contribution >= 4 is 21.7 Å². The number of methoxy groups -OCH3 is 1. The minimum absolute atomic E-state index is 0.406. The number of Topliss-reactive ketones (excluding diaryl/α,β-unsaturated/α-hetero) is 1. The third kappa shape index (κ3) is 2.46. The second-order valence-electron chi connectivity index (χ2n) is 4.21. The number of hydrogen-bond donors (Lipinski definition) is 0. The molecule has 0 atom stereocenters. The van der Waals surface area contributed by atoms with Gasteiger partial charge in [-0.1, -0.05) is 6.07 Å². The predicted molar refractivity (Wildman–Crippen MR) is 66.9 cm³/mol. The lowest BCUT2D eigenvalue weighted by molar-refractivity contribution is -0.120. The standard InChI is InChI=1S/C13H15BrO2/c1-16-13-7-4-10(8-12(13)14)9-2-5-11(15)6-3-9/h4,7-9H,2-3,5-6H2,1H3. The Morgan fingerprint density at radius 1 is 1.31 bits per heavy atom. The molecule has 0 aromatic heterocycles. The molecule has 1 aliphatic rings. The van der Waals surface area contributed by atoms with Gasteiger partial charge in [0.15, 0.2) is 0 Å². The molecule has 1 aliphatic carbocycles. The van der Waals surface area contributed by atoms with Crippen molar-refractivity contribution in [3.63, 3.8) is 0 Å². The van der Waals surface area contributed by atoms with Crippen molar-refractivity contribution in [3.8, 4) is 5.75 Å². The van der Waals surface area contributed by atoms with Gasteiger partial charge in [-0.15, -0.1) is 0 Å². The molecule has 3 heteroatoms. The fourth-order valence-corrected chi connectivity index (χ4v) is 2.77. The van der Waals surface area contributed by atoms with Crippen LogP contribution in [0, 0.1) is 0 Å². The summed E-state index contributed by atoms with van der Waals surface area (Å²) in [5.74, 6) is 1.79. The number of carbonyl (C=O) groups excluding carboxylic acids is 1. The Morgan fingerprint density at radius 2 is 2.00 bits per heavy atom. The lowest BCUT2D eigenvalue weighted by Gasteiger charge is -2.21. The van der Waals surface area contributed by atoms with Gasteiger partial charge in [0.2, 0.25) is 0 Å². The second kappa shape index (κ2) is 5.00. The Kier molecular flexibility index (Phi) is 3.64. The van der Waals surface area contributed by atoms with Crippen LogP contribution in [-0.2, 0) is 4.79 Å². The number of carbonyl (C=O) groups is 1. The third-order valence-corrected chi connectivity index (χ3v) is 3.81. The molecule has 0 heterocycles. The summed E-state index contributed by atoms with van der Waals surface area (Å²) < 4.78 is 6.19. The highest BCUT2D eigenvalue weighted by molar-refractivity contribution is 9.10. The first-order valence-electron chi connectivity index (χ1n) is 5.56. The maximum absolute atomic E-state index is 11.2. The lowest BCUT2D eigenvalue weighted by atomic mass is 9.83. The fourth-order valence-electron chi connectivity index (χ4n) is 2.21. The molecular weight excluding hydrogens is 268 g/mol. The van der Waals surface area contributed by atoms with Crippen molar-refractivity contribution in [1.29, 1.82) is 0 Å². The monoisotopic (exact) mass is 282 g/mol. The summed E-state index contributed by atoms with van der Waals surface area (Å²) in [7, 11) is 1.67. The Balaban J connectivity index is 2.15. The molecule has 86 valence electrons. The molecule has 0 N–H and O–H groups in total. The average molecular weight is 283 g/mol. The van der Waals surface area contributed by atoms with Crippen LogP contribution in [0.15, 0.2) is 22.7 Å². The van der Waals surface area contributed by atoms with Gasteiger partial charge >= 0.3 is 0 Å². The Labute approximate surface area is 104 Å². The van der Waals surface area contributed by atoms with Gasteiger partial charge in [0.25, 0.3) is 0 Å². The van der Waals surface area contributed by atoms with E-state index in [1.807, 2.05) is 6.07 Å². The number of benzene rings is 1. The summed E-state index contributed by atoms with van der Waals surface area (Å²) in [4.78, 5) is 11.2. The van der Waals surface area contributed by atoms with E-state index in [9.17, 15) is 4.79 Å². The molecule has 1 aromatic rings. The quantitative estimate of drug-likeness (QED) is 0.827. The van der Waals surface area contributed by atoms with Crippen LogP contribution in [0.1, 0.15) is 37.2 Å². The zero-order valence-corrected chi connectivity index (χ0v) is 10.9. The number of hydrogen-bond acceptors (Lipinski definition) is 2. The van der Waals surface area contributed by atoms with Crippen LogP contribution >= 0.6 is 15.9 Å². The van der Waals surface area contributed by atoms with Crippen molar-refractivity contribution in [2.24, 2.45) is 0 Å². The Bertz CT molecular complexity index is 391. The summed E-state index contributed by atoms with van der Waals surface area (Å²) in [5, 5.41) is 0. The molecule has 16 heavy (non-hydrogen) atoms. The van der Waals surface area contributed by atoms with Gasteiger partial charge in [-0.2, -0.15) is 0 Å². The summed E-state index contributed by atoms with van der Waals surface area (Å²) >= 11 is 3.49. The van der Waals surface area contributed by atoms with Crippen molar-refractivity contribution in [1.82, 2.24) is 0 Å². The molecule has 1 saturated carbocycles. The van der Waals surface area contributed by atoms with Gasteiger partial charge in [0.05, 0.1) is 11.6 Å². The van der Waals surface area contributed by atoms with E-state index in [4.69, 9.17) is 4.74 Å². The Morgan fingerprint density at radius 3 is 2.56 bits per heavy atom. The minimum atomic E-state index is 0.406. The summed E-state index contributed by atoms with van der Waals surface area (Å²) in [6.45, 7) is 0. The van der Waals surface area contributed by atoms with Gasteiger partial charge < -0.3 is 4.74 Å². The molecule has 2 nitrogen and oxygen atoms in total. The highest BCUT2D eigenvalue weighted by Gasteiger charge is 2.20. The topological polar surface area (TPSA) is 26.3 Å². The third-order valence-electron chi connectivity index (χ3n) is 3.19. The molecule has 0 spiro atoms. The molecule has 0 radical (unpaired) electrons. The number of halogens is 1. The van der Waals surface area contributed by atoms with E-state index < -0.39 is 0 Å². The van der Waals surface area contributed by atoms with E-state index in [-0.39, 0.29) is 0 Å². The highest BCUT2D eigenvalue weighted by Crippen LogP contribution is 2.35. The molecule has 2 rings (SSSR count). The van der Waals surface area contributed by atoms with Crippen LogP contribution in [0.5, 0.6) is 5.75 Å². The van der Waals surface area contributed by atoms with Crippen LogP contribution in [0.2, 0.25) is 0 Å². The smallest absolute Gasteiger partial charge is 0.133 e. The summed E-state index contributed by atoms with van der Waals surface area (Å²) in [6, 6.07) is 6.19. The van der Waals surface area contributed by atoms with Crippen LogP contribution in [0.4, 0.5) is 0 Å². The van der Waals surface area contributed by atoms with Crippen molar-refractivity contribution in [2.75, 3.05) is 7.11 Å². The average Bonchev–Trinajstić information content (AvgIpc) is 2.30. The predicted octanol–water partition coefficient (Wildman–Crippen LogP) is 3.68. The fraction of sp³-hybridized carbons (Fsp3) is 0.462. The molecule has 0 aliphatic heterocycles. The lowest BCUT2D eigenvalue weighted by Crippen LogP contribution is -2.12. The maximum Gasteiger partial charge on any atom is 0.133 e. The molecule has 0 saturated heterocycles. The molecular formula is C13H15BrO2. The Hall–Kier alpha value is -0.830. The first-order valence-corrected chi connectivity index (χ1v) is 6.35. The van der Waals surface area contributed by atoms with Gasteiger partial charge in [0.1, 0.15) is 11.5 Å². The molecule has 0 bridgehead atoms. The first kappa shape index (κ1) is 11.6. The van der Waals surface area contributed by atoms with Gasteiger partial charge in [0, 0.05) is 12.8 Å². The van der Waals surface area contributed by atoms with Crippen molar-refractivity contribution < 1.29 is 9.53 Å². The maximum atomic E-state index is 11.2.